The molecule has 1 amide bonds. The Morgan fingerprint density at radius 3 is 2.41 bits per heavy atom. The Labute approximate surface area is 100 Å². The molecule has 1 heterocycles. The molecule has 2 fully saturated rings. The molecule has 1 aliphatic carbocycles. The smallest absolute Gasteiger partial charge is 0.318 e. The Morgan fingerprint density at radius 2 is 1.88 bits per heavy atom. The van der Waals surface area contributed by atoms with E-state index in [0.29, 0.717) is 19.0 Å². The third kappa shape index (κ3) is 1.92. The van der Waals surface area contributed by atoms with Crippen LogP contribution in [0.15, 0.2) is 0 Å². The van der Waals surface area contributed by atoms with Gasteiger partial charge in [0.2, 0.25) is 5.91 Å². The predicted octanol–water partition coefficient (Wildman–Crippen LogP) is 0.326. The molecule has 0 aromatic rings. The van der Waals surface area contributed by atoms with E-state index in [0.717, 1.165) is 12.8 Å². The lowest BCUT2D eigenvalue weighted by Gasteiger charge is -2.26. The number of likely N-dealkylation sites (tertiary alicyclic amines) is 1. The average Bonchev–Trinajstić information content (AvgIpc) is 2.80. The lowest BCUT2D eigenvalue weighted by atomic mass is 9.92. The number of amides is 1. The van der Waals surface area contributed by atoms with Gasteiger partial charge in [-0.05, 0) is 32.6 Å². The number of carboxylic acids is 1. The van der Waals surface area contributed by atoms with Crippen molar-refractivity contribution in [1.29, 1.82) is 0 Å². The summed E-state index contributed by atoms with van der Waals surface area (Å²) < 4.78 is 0. The van der Waals surface area contributed by atoms with E-state index >= 15 is 0 Å². The Balaban J connectivity index is 2.07. The quantitative estimate of drug-likeness (QED) is 0.683. The van der Waals surface area contributed by atoms with E-state index in [9.17, 15) is 14.7 Å². The SMILES string of the molecule is CC(C)(C(=O)O)C(=O)N1CC2CCC(O)C2C1. The number of rotatable bonds is 2. The average molecular weight is 241 g/mol. The van der Waals surface area contributed by atoms with Gasteiger partial charge >= 0.3 is 5.97 Å². The summed E-state index contributed by atoms with van der Waals surface area (Å²) >= 11 is 0. The first-order chi connectivity index (χ1) is 7.84. The largest absolute Gasteiger partial charge is 0.480 e. The van der Waals surface area contributed by atoms with Gasteiger partial charge in [-0.15, -0.1) is 0 Å². The minimum absolute atomic E-state index is 0.142. The molecular weight excluding hydrogens is 222 g/mol. The van der Waals surface area contributed by atoms with Crippen molar-refractivity contribution in [2.24, 2.45) is 17.3 Å². The van der Waals surface area contributed by atoms with Crippen molar-refractivity contribution in [3.05, 3.63) is 0 Å². The first-order valence-electron chi connectivity index (χ1n) is 6.05. The van der Waals surface area contributed by atoms with E-state index in [1.54, 1.807) is 4.90 Å². The van der Waals surface area contributed by atoms with E-state index in [2.05, 4.69) is 0 Å². The van der Waals surface area contributed by atoms with Crippen LogP contribution in [0.25, 0.3) is 0 Å². The van der Waals surface area contributed by atoms with Crippen LogP contribution in [0.2, 0.25) is 0 Å². The highest BCUT2D eigenvalue weighted by Gasteiger charge is 2.47. The highest BCUT2D eigenvalue weighted by molar-refractivity contribution is 6.01. The molecule has 5 heteroatoms. The van der Waals surface area contributed by atoms with Gasteiger partial charge in [-0.2, -0.15) is 0 Å². The molecule has 17 heavy (non-hydrogen) atoms. The third-order valence-corrected chi connectivity index (χ3v) is 4.18. The molecular formula is C12H19NO4. The van der Waals surface area contributed by atoms with Crippen LogP contribution in [0.1, 0.15) is 26.7 Å². The van der Waals surface area contributed by atoms with Crippen LogP contribution in [-0.4, -0.2) is 46.2 Å². The zero-order valence-corrected chi connectivity index (χ0v) is 10.2. The fourth-order valence-corrected chi connectivity index (χ4v) is 2.89. The molecule has 0 aromatic heterocycles. The lowest BCUT2D eigenvalue weighted by Crippen LogP contribution is -2.44. The molecule has 0 spiro atoms. The molecule has 2 aliphatic rings. The summed E-state index contributed by atoms with van der Waals surface area (Å²) in [6.45, 7) is 3.96. The number of carbonyl (C=O) groups is 2. The number of aliphatic hydroxyl groups is 1. The number of hydrogen-bond acceptors (Lipinski definition) is 3. The van der Waals surface area contributed by atoms with Crippen LogP contribution < -0.4 is 0 Å². The first kappa shape index (κ1) is 12.4. The second-order valence-electron chi connectivity index (χ2n) is 5.71. The van der Waals surface area contributed by atoms with Gasteiger partial charge in [0.15, 0.2) is 0 Å². The third-order valence-electron chi connectivity index (χ3n) is 4.18. The van der Waals surface area contributed by atoms with Crippen molar-refractivity contribution in [3.8, 4) is 0 Å². The molecule has 0 aromatic carbocycles. The number of carboxylic acid groups (broad SMARTS) is 1. The number of aliphatic carboxylic acids is 1. The standard InChI is InChI=1S/C12H19NO4/c1-12(2,11(16)17)10(15)13-5-7-3-4-9(14)8(7)6-13/h7-9,14H,3-6H2,1-2H3,(H,16,17). The maximum absolute atomic E-state index is 12.1. The molecule has 5 nitrogen and oxygen atoms in total. The van der Waals surface area contributed by atoms with E-state index in [-0.39, 0.29) is 17.9 Å². The van der Waals surface area contributed by atoms with Crippen LogP contribution in [0, 0.1) is 17.3 Å². The van der Waals surface area contributed by atoms with Crippen LogP contribution in [0.4, 0.5) is 0 Å². The number of aliphatic hydroxyl groups excluding tert-OH is 1. The summed E-state index contributed by atoms with van der Waals surface area (Å²) in [6.07, 6.45) is 1.41. The van der Waals surface area contributed by atoms with Gasteiger partial charge in [0, 0.05) is 19.0 Å². The molecule has 0 bridgehead atoms. The van der Waals surface area contributed by atoms with Gasteiger partial charge in [0.25, 0.3) is 0 Å². The predicted molar refractivity (Wildman–Crippen MR) is 60.2 cm³/mol. The summed E-state index contributed by atoms with van der Waals surface area (Å²) in [7, 11) is 0. The van der Waals surface area contributed by atoms with Crippen LogP contribution in [-0.2, 0) is 9.59 Å². The molecule has 1 aliphatic heterocycles. The monoisotopic (exact) mass is 241 g/mol. The maximum Gasteiger partial charge on any atom is 0.318 e. The van der Waals surface area contributed by atoms with E-state index < -0.39 is 11.4 Å². The van der Waals surface area contributed by atoms with Gasteiger partial charge in [0.05, 0.1) is 6.10 Å². The molecule has 96 valence electrons. The summed E-state index contributed by atoms with van der Waals surface area (Å²) in [4.78, 5) is 24.7. The van der Waals surface area contributed by atoms with Crippen molar-refractivity contribution in [3.63, 3.8) is 0 Å². The topological polar surface area (TPSA) is 77.8 Å². The normalized spacial score (nSPS) is 32.6. The summed E-state index contributed by atoms with van der Waals surface area (Å²) in [6, 6.07) is 0. The van der Waals surface area contributed by atoms with Gasteiger partial charge in [-0.3, -0.25) is 9.59 Å². The van der Waals surface area contributed by atoms with Crippen molar-refractivity contribution in [2.75, 3.05) is 13.1 Å². The van der Waals surface area contributed by atoms with Crippen LogP contribution >= 0.6 is 0 Å². The molecule has 3 atom stereocenters. The molecule has 1 saturated heterocycles. The second kappa shape index (κ2) is 3.98. The Morgan fingerprint density at radius 1 is 1.24 bits per heavy atom. The number of carbonyl (C=O) groups excluding carboxylic acids is 1. The minimum atomic E-state index is -1.37. The molecule has 0 radical (unpaired) electrons. The van der Waals surface area contributed by atoms with Gasteiger partial charge < -0.3 is 15.1 Å². The Hall–Kier alpha value is -1.10. The molecule has 2 N–H and O–H groups in total. The highest BCUT2D eigenvalue weighted by atomic mass is 16.4. The van der Waals surface area contributed by atoms with Crippen LogP contribution in [0.5, 0.6) is 0 Å². The van der Waals surface area contributed by atoms with Crippen molar-refractivity contribution in [2.45, 2.75) is 32.8 Å². The fraction of sp³-hybridized carbons (Fsp3) is 0.833. The lowest BCUT2D eigenvalue weighted by molar-refractivity contribution is -0.157. The summed E-state index contributed by atoms with van der Waals surface area (Å²) in [5.41, 5.74) is -1.37. The number of nitrogens with zero attached hydrogens (tertiary/aromatic N) is 1. The van der Waals surface area contributed by atoms with Crippen molar-refractivity contribution in [1.82, 2.24) is 4.90 Å². The summed E-state index contributed by atoms with van der Waals surface area (Å²) in [5, 5.41) is 18.8. The fourth-order valence-electron chi connectivity index (χ4n) is 2.89. The maximum atomic E-state index is 12.1. The van der Waals surface area contributed by atoms with E-state index in [1.807, 2.05) is 0 Å². The van der Waals surface area contributed by atoms with Gasteiger partial charge in [-0.1, -0.05) is 0 Å². The molecule has 3 unspecified atom stereocenters. The van der Waals surface area contributed by atoms with Crippen molar-refractivity contribution < 1.29 is 19.8 Å². The first-order valence-corrected chi connectivity index (χ1v) is 6.05. The summed E-state index contributed by atoms with van der Waals surface area (Å²) in [5.74, 6) is -0.950. The minimum Gasteiger partial charge on any atom is -0.480 e. The Kier molecular flexibility index (Phi) is 2.89. The van der Waals surface area contributed by atoms with Crippen LogP contribution in [0.3, 0.4) is 0 Å². The number of fused-ring (bicyclic) bond motifs is 1. The zero-order chi connectivity index (χ0) is 12.8. The van der Waals surface area contributed by atoms with E-state index in [4.69, 9.17) is 5.11 Å². The molecule has 2 rings (SSSR count). The molecule has 1 saturated carbocycles. The number of hydrogen-bond donors (Lipinski definition) is 2. The zero-order valence-electron chi connectivity index (χ0n) is 10.2. The van der Waals surface area contributed by atoms with Gasteiger partial charge in [-0.25, -0.2) is 0 Å². The second-order valence-corrected chi connectivity index (χ2v) is 5.71. The van der Waals surface area contributed by atoms with E-state index in [1.165, 1.54) is 13.8 Å². The highest BCUT2D eigenvalue weighted by Crippen LogP contribution is 2.39. The van der Waals surface area contributed by atoms with Gasteiger partial charge in [0.1, 0.15) is 5.41 Å². The Bertz CT molecular complexity index is 352. The van der Waals surface area contributed by atoms with Crippen molar-refractivity contribution >= 4 is 11.9 Å².